The molecule has 6 heteroatoms. The molecule has 0 aliphatic carbocycles. The van der Waals surface area contributed by atoms with Crippen molar-refractivity contribution in [3.05, 3.63) is 75.8 Å². The van der Waals surface area contributed by atoms with Crippen LogP contribution in [0.25, 0.3) is 5.57 Å². The van der Waals surface area contributed by atoms with Gasteiger partial charge in [-0.15, -0.1) is 0 Å². The van der Waals surface area contributed by atoms with Crippen molar-refractivity contribution in [1.29, 1.82) is 0 Å². The number of benzene rings is 2. The van der Waals surface area contributed by atoms with Crippen LogP contribution in [0.5, 0.6) is 0 Å². The maximum atomic E-state index is 12.0. The molecule has 0 amide bonds. The smallest absolute Gasteiger partial charge is 0.339 e. The van der Waals surface area contributed by atoms with Crippen molar-refractivity contribution in [2.24, 2.45) is 0 Å². The minimum absolute atomic E-state index is 0.0513. The van der Waals surface area contributed by atoms with Gasteiger partial charge in [0.15, 0.2) is 6.10 Å². The van der Waals surface area contributed by atoms with Crippen molar-refractivity contribution in [3.8, 4) is 0 Å². The highest BCUT2D eigenvalue weighted by atomic mass is 35.5. The van der Waals surface area contributed by atoms with Gasteiger partial charge in [-0.25, -0.2) is 9.59 Å². The second kappa shape index (κ2) is 7.07. The first-order valence-electron chi connectivity index (χ1n) is 7.15. The molecule has 1 unspecified atom stereocenters. The van der Waals surface area contributed by atoms with Gasteiger partial charge in [0.25, 0.3) is 0 Å². The number of rotatable bonds is 4. The highest BCUT2D eigenvalue weighted by Gasteiger charge is 2.28. The largest absolute Gasteiger partial charge is 0.458 e. The van der Waals surface area contributed by atoms with Crippen molar-refractivity contribution < 1.29 is 19.1 Å². The highest BCUT2D eigenvalue weighted by molar-refractivity contribution is 6.42. The van der Waals surface area contributed by atoms with Gasteiger partial charge in [-0.1, -0.05) is 47.5 Å². The van der Waals surface area contributed by atoms with E-state index in [1.54, 1.807) is 48.5 Å². The van der Waals surface area contributed by atoms with Crippen LogP contribution in [0.2, 0.25) is 10.0 Å². The molecule has 2 aromatic carbocycles. The van der Waals surface area contributed by atoms with Gasteiger partial charge < -0.3 is 9.47 Å². The first-order valence-corrected chi connectivity index (χ1v) is 7.90. The van der Waals surface area contributed by atoms with Crippen molar-refractivity contribution >= 4 is 40.7 Å². The normalized spacial score (nSPS) is 16.5. The molecule has 3 rings (SSSR count). The summed E-state index contributed by atoms with van der Waals surface area (Å²) < 4.78 is 10.4. The van der Waals surface area contributed by atoms with E-state index in [4.69, 9.17) is 32.7 Å². The third-order valence-electron chi connectivity index (χ3n) is 3.45. The summed E-state index contributed by atoms with van der Waals surface area (Å²) in [6.45, 7) is -0.0513. The third kappa shape index (κ3) is 3.61. The van der Waals surface area contributed by atoms with E-state index in [1.165, 1.54) is 0 Å². The van der Waals surface area contributed by atoms with Crippen LogP contribution >= 0.6 is 23.2 Å². The quantitative estimate of drug-likeness (QED) is 0.766. The Balaban J connectivity index is 1.68. The summed E-state index contributed by atoms with van der Waals surface area (Å²) in [5.74, 6) is -0.961. The maximum Gasteiger partial charge on any atom is 0.339 e. The molecule has 1 atom stereocenters. The molecule has 122 valence electrons. The predicted molar refractivity (Wildman–Crippen MR) is 91.0 cm³/mol. The first kappa shape index (κ1) is 16.6. The topological polar surface area (TPSA) is 52.6 Å². The van der Waals surface area contributed by atoms with E-state index < -0.39 is 18.0 Å². The monoisotopic (exact) mass is 362 g/mol. The van der Waals surface area contributed by atoms with Crippen LogP contribution in [0.15, 0.2) is 54.6 Å². The van der Waals surface area contributed by atoms with Gasteiger partial charge in [0.05, 0.1) is 21.2 Å². The molecule has 0 radical (unpaired) electrons. The number of esters is 2. The number of carbonyl (C=O) groups excluding carboxylic acids is 2. The lowest BCUT2D eigenvalue weighted by atomic mass is 10.1. The second-order valence-corrected chi connectivity index (χ2v) is 5.93. The third-order valence-corrected chi connectivity index (χ3v) is 4.19. The van der Waals surface area contributed by atoms with Gasteiger partial charge in [-0.05, 0) is 35.9 Å². The van der Waals surface area contributed by atoms with Crippen molar-refractivity contribution in [3.63, 3.8) is 0 Å². The zero-order valence-electron chi connectivity index (χ0n) is 12.4. The summed E-state index contributed by atoms with van der Waals surface area (Å²) in [6.07, 6.45) is 0.981. The molecule has 1 aliphatic rings. The molecular weight excluding hydrogens is 351 g/mol. The summed E-state index contributed by atoms with van der Waals surface area (Å²) in [7, 11) is 0. The van der Waals surface area contributed by atoms with E-state index in [0.717, 1.165) is 0 Å². The standard InChI is InChI=1S/C18H12Cl2O4/c19-15-7-6-12(8-16(15)20)14-9-13(24-18(14)22)10-23-17(21)11-4-2-1-3-5-11/h1-9,13H,10H2. The molecule has 0 N–H and O–H groups in total. The molecule has 0 saturated carbocycles. The molecule has 0 bridgehead atoms. The van der Waals surface area contributed by atoms with Gasteiger partial charge in [-0.2, -0.15) is 0 Å². The van der Waals surface area contributed by atoms with Crippen LogP contribution in [0, 0.1) is 0 Å². The zero-order valence-corrected chi connectivity index (χ0v) is 13.9. The molecule has 0 fully saturated rings. The number of carbonyl (C=O) groups is 2. The minimum atomic E-state index is -0.630. The molecule has 1 heterocycles. The van der Waals surface area contributed by atoms with Gasteiger partial charge in [0.2, 0.25) is 0 Å². The average Bonchev–Trinajstić information content (AvgIpc) is 2.97. The van der Waals surface area contributed by atoms with Crippen LogP contribution < -0.4 is 0 Å². The Kier molecular flexibility index (Phi) is 4.88. The average molecular weight is 363 g/mol. The van der Waals surface area contributed by atoms with E-state index in [2.05, 4.69) is 0 Å². The van der Waals surface area contributed by atoms with Gasteiger partial charge in [0.1, 0.15) is 6.61 Å². The summed E-state index contributed by atoms with van der Waals surface area (Å²) in [5.41, 5.74) is 1.41. The SMILES string of the molecule is O=C1OC(COC(=O)c2ccccc2)C=C1c1ccc(Cl)c(Cl)c1. The van der Waals surface area contributed by atoms with Crippen LogP contribution in [0.3, 0.4) is 0 Å². The Bertz CT molecular complexity index is 815. The van der Waals surface area contributed by atoms with Crippen LogP contribution in [0.4, 0.5) is 0 Å². The van der Waals surface area contributed by atoms with Gasteiger partial charge in [-0.3, -0.25) is 0 Å². The lowest BCUT2D eigenvalue weighted by Gasteiger charge is -2.09. The lowest BCUT2D eigenvalue weighted by Crippen LogP contribution is -2.18. The first-order chi connectivity index (χ1) is 11.5. The summed E-state index contributed by atoms with van der Waals surface area (Å²) in [4.78, 5) is 23.9. The van der Waals surface area contributed by atoms with Crippen molar-refractivity contribution in [2.45, 2.75) is 6.10 Å². The van der Waals surface area contributed by atoms with Crippen LogP contribution in [0.1, 0.15) is 15.9 Å². The molecule has 4 nitrogen and oxygen atoms in total. The molecule has 0 spiro atoms. The number of cyclic esters (lactones) is 1. The van der Waals surface area contributed by atoms with Crippen molar-refractivity contribution in [1.82, 2.24) is 0 Å². The summed E-state index contributed by atoms with van der Waals surface area (Å²) in [6, 6.07) is 13.5. The summed E-state index contributed by atoms with van der Waals surface area (Å²) in [5, 5.41) is 0.752. The fraction of sp³-hybridized carbons (Fsp3) is 0.111. The summed E-state index contributed by atoms with van der Waals surface area (Å²) >= 11 is 11.8. The number of halogens is 2. The van der Waals surface area contributed by atoms with E-state index in [1.807, 2.05) is 6.07 Å². The Labute approximate surface area is 148 Å². The number of ether oxygens (including phenoxy) is 2. The molecule has 0 saturated heterocycles. The zero-order chi connectivity index (χ0) is 17.1. The second-order valence-electron chi connectivity index (χ2n) is 5.12. The predicted octanol–water partition coefficient (Wildman–Crippen LogP) is 4.16. The molecule has 1 aliphatic heterocycles. The maximum absolute atomic E-state index is 12.0. The fourth-order valence-corrected chi connectivity index (χ4v) is 2.56. The fourth-order valence-electron chi connectivity index (χ4n) is 2.26. The molecule has 0 aromatic heterocycles. The minimum Gasteiger partial charge on any atom is -0.458 e. The lowest BCUT2D eigenvalue weighted by molar-refractivity contribution is -0.139. The Morgan fingerprint density at radius 3 is 2.54 bits per heavy atom. The number of hydrogen-bond donors (Lipinski definition) is 0. The Morgan fingerprint density at radius 1 is 1.08 bits per heavy atom. The van der Waals surface area contributed by atoms with E-state index >= 15 is 0 Å². The molecular formula is C18H12Cl2O4. The number of hydrogen-bond acceptors (Lipinski definition) is 4. The van der Waals surface area contributed by atoms with Crippen LogP contribution in [-0.2, 0) is 14.3 Å². The van der Waals surface area contributed by atoms with Gasteiger partial charge in [0, 0.05) is 0 Å². The van der Waals surface area contributed by atoms with E-state index in [-0.39, 0.29) is 6.61 Å². The van der Waals surface area contributed by atoms with E-state index in [0.29, 0.717) is 26.7 Å². The Morgan fingerprint density at radius 2 is 1.83 bits per heavy atom. The molecule has 24 heavy (non-hydrogen) atoms. The van der Waals surface area contributed by atoms with Crippen molar-refractivity contribution in [2.75, 3.05) is 6.61 Å². The highest BCUT2D eigenvalue weighted by Crippen LogP contribution is 2.29. The van der Waals surface area contributed by atoms with Crippen LogP contribution in [-0.4, -0.2) is 24.6 Å². The van der Waals surface area contributed by atoms with E-state index in [9.17, 15) is 9.59 Å². The van der Waals surface area contributed by atoms with Gasteiger partial charge >= 0.3 is 11.9 Å². The Hall–Kier alpha value is -2.30. The molecule has 2 aromatic rings.